The second-order valence-electron chi connectivity index (χ2n) is 10.7. The van der Waals surface area contributed by atoms with Crippen molar-refractivity contribution in [2.45, 2.75) is 78.0 Å². The fourth-order valence-corrected chi connectivity index (χ4v) is 5.12. The Morgan fingerprint density at radius 3 is 2.55 bits per heavy atom. The summed E-state index contributed by atoms with van der Waals surface area (Å²) < 4.78 is 6.40. The summed E-state index contributed by atoms with van der Waals surface area (Å²) in [7, 11) is 0. The molecule has 1 amide bonds. The van der Waals surface area contributed by atoms with Crippen molar-refractivity contribution in [2.75, 3.05) is 4.90 Å². The van der Waals surface area contributed by atoms with E-state index in [9.17, 15) is 30.0 Å². The Kier molecular flexibility index (Phi) is 7.56. The van der Waals surface area contributed by atoms with Crippen LogP contribution in [0.25, 0.3) is 0 Å². The van der Waals surface area contributed by atoms with Gasteiger partial charge in [0.1, 0.15) is 22.8 Å². The lowest BCUT2D eigenvalue weighted by Crippen LogP contribution is -2.49. The minimum Gasteiger partial charge on any atom is -0.508 e. The number of ether oxygens (including phenoxy) is 1. The molecule has 2 aromatic carbocycles. The van der Waals surface area contributed by atoms with E-state index in [1.807, 2.05) is 6.92 Å². The lowest BCUT2D eigenvalue weighted by Gasteiger charge is -2.40. The molecule has 2 atom stereocenters. The second-order valence-corrected chi connectivity index (χ2v) is 10.7. The maximum atomic E-state index is 13.3. The number of phenolic OH excluding ortho intramolecular Hbond substituents is 2. The summed E-state index contributed by atoms with van der Waals surface area (Å²) in [5, 5.41) is 41.1. The number of hydrogen-bond acceptors (Lipinski definition) is 6. The number of carboxylic acids is 1. The van der Waals surface area contributed by atoms with Gasteiger partial charge in [0.05, 0.1) is 29.5 Å². The van der Waals surface area contributed by atoms with Gasteiger partial charge in [0.2, 0.25) is 0 Å². The third kappa shape index (κ3) is 5.27. The number of carbonyl (C=O) groups excluding carboxylic acids is 1. The molecule has 4 N–H and O–H groups in total. The van der Waals surface area contributed by atoms with Crippen LogP contribution in [0.1, 0.15) is 85.2 Å². The van der Waals surface area contributed by atoms with Crippen molar-refractivity contribution in [3.8, 4) is 17.2 Å². The highest BCUT2D eigenvalue weighted by Gasteiger charge is 2.44. The number of carbonyl (C=O) groups is 2. The third-order valence-electron chi connectivity index (χ3n) is 7.42. The molecule has 202 valence electrons. The quantitative estimate of drug-likeness (QED) is 0.339. The van der Waals surface area contributed by atoms with Crippen LogP contribution in [0.4, 0.5) is 5.69 Å². The molecule has 0 fully saturated rings. The third-order valence-corrected chi connectivity index (χ3v) is 7.42. The van der Waals surface area contributed by atoms with Crippen molar-refractivity contribution in [1.82, 2.24) is 0 Å². The number of amides is 1. The van der Waals surface area contributed by atoms with Crippen LogP contribution in [0.2, 0.25) is 0 Å². The number of hydrogen-bond donors (Lipinski definition) is 4. The lowest BCUT2D eigenvalue weighted by atomic mass is 9.84. The molecule has 2 heterocycles. The van der Waals surface area contributed by atoms with Crippen molar-refractivity contribution >= 4 is 17.6 Å². The molecule has 0 spiro atoms. The maximum Gasteiger partial charge on any atom is 0.337 e. The van der Waals surface area contributed by atoms with Gasteiger partial charge in [-0.15, -0.1) is 0 Å². The zero-order valence-electron chi connectivity index (χ0n) is 22.2. The van der Waals surface area contributed by atoms with Crippen LogP contribution >= 0.6 is 0 Å². The second kappa shape index (κ2) is 10.5. The topological polar surface area (TPSA) is 128 Å². The molecule has 2 unspecified atom stereocenters. The van der Waals surface area contributed by atoms with Crippen molar-refractivity contribution in [3.05, 3.63) is 69.8 Å². The molecule has 0 aliphatic carbocycles. The molecule has 8 heteroatoms. The Morgan fingerprint density at radius 2 is 1.87 bits per heavy atom. The summed E-state index contributed by atoms with van der Waals surface area (Å²) in [4.78, 5) is 26.4. The van der Waals surface area contributed by atoms with E-state index >= 15 is 0 Å². The summed E-state index contributed by atoms with van der Waals surface area (Å²) in [6, 6.07) is 5.16. The van der Waals surface area contributed by atoms with Gasteiger partial charge in [-0.3, -0.25) is 4.79 Å². The molecular formula is C30H35NO7. The Labute approximate surface area is 222 Å². The van der Waals surface area contributed by atoms with E-state index < -0.39 is 23.6 Å². The lowest BCUT2D eigenvalue weighted by molar-refractivity contribution is -0.0597. The van der Waals surface area contributed by atoms with Crippen LogP contribution in [0.15, 0.2) is 47.6 Å². The average Bonchev–Trinajstić information content (AvgIpc) is 3.16. The van der Waals surface area contributed by atoms with E-state index in [4.69, 9.17) is 4.74 Å². The fraction of sp³-hybridized carbons (Fsp3) is 0.400. The van der Waals surface area contributed by atoms with Gasteiger partial charge in [-0.25, -0.2) is 4.79 Å². The van der Waals surface area contributed by atoms with E-state index in [-0.39, 0.29) is 41.3 Å². The highest BCUT2D eigenvalue weighted by molar-refractivity contribution is 6.13. The first-order valence-electron chi connectivity index (χ1n) is 12.8. The molecular weight excluding hydrogens is 486 g/mol. The molecule has 0 radical (unpaired) electrons. The minimum atomic E-state index is -1.28. The SMILES string of the molecule is CC(C)=CCC/C(C)=C/CCC1(C)Oc2c(c(O)cc3c2CN(c2ccc(O)cc2C(=O)O)C3=O)CC1O. The normalized spacial score (nSPS) is 20.6. The van der Waals surface area contributed by atoms with E-state index in [1.165, 1.54) is 34.2 Å². The monoisotopic (exact) mass is 521 g/mol. The van der Waals surface area contributed by atoms with Crippen LogP contribution < -0.4 is 9.64 Å². The number of aromatic carboxylic acids is 1. The summed E-state index contributed by atoms with van der Waals surface area (Å²) in [6.45, 7) is 8.12. The molecule has 0 aromatic heterocycles. The first-order valence-corrected chi connectivity index (χ1v) is 12.8. The zero-order chi connectivity index (χ0) is 27.8. The summed E-state index contributed by atoms with van der Waals surface area (Å²) in [6.07, 6.45) is 6.86. The van der Waals surface area contributed by atoms with Gasteiger partial charge < -0.3 is 30.1 Å². The van der Waals surface area contributed by atoms with Crippen molar-refractivity contribution < 1.29 is 34.8 Å². The van der Waals surface area contributed by atoms with Gasteiger partial charge in [-0.05, 0) is 77.6 Å². The number of benzene rings is 2. The number of anilines is 1. The molecule has 2 aliphatic heterocycles. The predicted molar refractivity (Wildman–Crippen MR) is 144 cm³/mol. The standard InChI is InChI=1S/C30H35NO7/c1-17(2)7-5-8-18(3)9-6-12-30(4)26(34)15-22-25(33)14-20-23(27(22)38-30)16-31(28(20)35)24-11-10-19(32)13-21(24)29(36)37/h7,9-11,13-14,26,32-34H,5-6,8,12,15-16H2,1-4H3,(H,36,37)/b18-9+. The number of rotatable bonds is 8. The summed E-state index contributed by atoms with van der Waals surface area (Å²) >= 11 is 0. The van der Waals surface area contributed by atoms with Crippen molar-refractivity contribution in [3.63, 3.8) is 0 Å². The van der Waals surface area contributed by atoms with Crippen LogP contribution in [0.5, 0.6) is 17.2 Å². The first-order chi connectivity index (χ1) is 17.9. The Bertz CT molecular complexity index is 1340. The summed E-state index contributed by atoms with van der Waals surface area (Å²) in [5.41, 5.74) is 2.74. The molecule has 2 aromatic rings. The van der Waals surface area contributed by atoms with E-state index in [0.717, 1.165) is 18.9 Å². The van der Waals surface area contributed by atoms with Crippen LogP contribution in [0.3, 0.4) is 0 Å². The van der Waals surface area contributed by atoms with Crippen molar-refractivity contribution in [2.24, 2.45) is 0 Å². The molecule has 0 saturated heterocycles. The van der Waals surface area contributed by atoms with Crippen LogP contribution in [-0.4, -0.2) is 44.0 Å². The molecule has 8 nitrogen and oxygen atoms in total. The van der Waals surface area contributed by atoms with Gasteiger partial charge in [0.15, 0.2) is 0 Å². The highest BCUT2D eigenvalue weighted by Crippen LogP contribution is 2.47. The van der Waals surface area contributed by atoms with Gasteiger partial charge in [0.25, 0.3) is 5.91 Å². The van der Waals surface area contributed by atoms with E-state index in [0.29, 0.717) is 29.7 Å². The highest BCUT2D eigenvalue weighted by atomic mass is 16.5. The van der Waals surface area contributed by atoms with Gasteiger partial charge >= 0.3 is 5.97 Å². The first kappa shape index (κ1) is 27.3. The Hall–Kier alpha value is -3.78. The Balaban J connectivity index is 1.60. The predicted octanol–water partition coefficient (Wildman–Crippen LogP) is 5.48. The van der Waals surface area contributed by atoms with Crippen molar-refractivity contribution in [1.29, 1.82) is 0 Å². The van der Waals surface area contributed by atoms with Crippen LogP contribution in [-0.2, 0) is 13.0 Å². The van der Waals surface area contributed by atoms with Gasteiger partial charge in [-0.1, -0.05) is 23.3 Å². The van der Waals surface area contributed by atoms with Gasteiger partial charge in [0, 0.05) is 17.5 Å². The molecule has 4 rings (SSSR count). The van der Waals surface area contributed by atoms with Gasteiger partial charge in [-0.2, -0.15) is 0 Å². The molecule has 0 saturated carbocycles. The summed E-state index contributed by atoms with van der Waals surface area (Å²) in [5.74, 6) is -1.75. The number of carboxylic acid groups (broad SMARTS) is 1. The minimum absolute atomic E-state index is 0.0391. The van der Waals surface area contributed by atoms with E-state index in [2.05, 4.69) is 32.9 Å². The molecule has 0 bridgehead atoms. The van der Waals surface area contributed by atoms with Crippen LogP contribution in [0, 0.1) is 0 Å². The number of phenols is 2. The molecule has 38 heavy (non-hydrogen) atoms. The maximum absolute atomic E-state index is 13.3. The average molecular weight is 522 g/mol. The molecule has 2 aliphatic rings. The fourth-order valence-electron chi connectivity index (χ4n) is 5.12. The number of aromatic hydroxyl groups is 2. The smallest absolute Gasteiger partial charge is 0.337 e. The number of nitrogens with zero attached hydrogens (tertiary/aromatic N) is 1. The number of allylic oxidation sites excluding steroid dienone is 4. The number of fused-ring (bicyclic) bond motifs is 3. The number of aliphatic hydroxyl groups excluding tert-OH is 1. The van der Waals surface area contributed by atoms with E-state index in [1.54, 1.807) is 0 Å². The zero-order valence-corrected chi connectivity index (χ0v) is 22.2. The number of aliphatic hydroxyl groups is 1. The Morgan fingerprint density at radius 1 is 1.13 bits per heavy atom. The largest absolute Gasteiger partial charge is 0.508 e.